The molecule has 1 atom stereocenters. The number of alkyl halides is 3. The summed E-state index contributed by atoms with van der Waals surface area (Å²) in [6.07, 6.45) is -1.54. The minimum atomic E-state index is -6.05. The highest BCUT2D eigenvalue weighted by Crippen LogP contribution is 2.45. The molecule has 1 aromatic carbocycles. The average molecular weight is 499 g/mol. The lowest BCUT2D eigenvalue weighted by atomic mass is 10.0. The van der Waals surface area contributed by atoms with Gasteiger partial charge in [0.25, 0.3) is 0 Å². The van der Waals surface area contributed by atoms with Gasteiger partial charge in [0.2, 0.25) is 0 Å². The van der Waals surface area contributed by atoms with E-state index >= 15 is 0 Å². The number of hydrogen-bond acceptors (Lipinski definition) is 9. The Bertz CT molecular complexity index is 1100. The fraction of sp³-hybridized carbons (Fsp3) is 0.579. The van der Waals surface area contributed by atoms with Crippen LogP contribution in [-0.2, 0) is 24.4 Å². The summed E-state index contributed by atoms with van der Waals surface area (Å²) in [4.78, 5) is 18.7. The SMILES string of the molecule is CCOC(=O)[C@@H](OC(C)(C)C)c1c(C)cc2nc(N(C)C)sc2c1OS(=O)(=O)C(F)(F)F. The summed E-state index contributed by atoms with van der Waals surface area (Å²) in [6.45, 7) is 7.94. The summed E-state index contributed by atoms with van der Waals surface area (Å²) >= 11 is 0.917. The minimum absolute atomic E-state index is 0.0213. The van der Waals surface area contributed by atoms with Gasteiger partial charge < -0.3 is 18.6 Å². The quantitative estimate of drug-likeness (QED) is 0.317. The first-order valence-electron chi connectivity index (χ1n) is 9.45. The average Bonchev–Trinajstić information content (AvgIpc) is 3.02. The normalized spacial score (nSPS) is 13.8. The first-order chi connectivity index (χ1) is 14.5. The van der Waals surface area contributed by atoms with E-state index in [0.29, 0.717) is 5.13 Å². The number of esters is 1. The summed E-state index contributed by atoms with van der Waals surface area (Å²) in [5.41, 5.74) is -6.32. The highest BCUT2D eigenvalue weighted by atomic mass is 32.2. The van der Waals surface area contributed by atoms with Gasteiger partial charge in [0.1, 0.15) is 4.70 Å². The van der Waals surface area contributed by atoms with Crippen molar-refractivity contribution < 1.29 is 40.0 Å². The van der Waals surface area contributed by atoms with E-state index in [-0.39, 0.29) is 28.0 Å². The number of aryl methyl sites for hydroxylation is 1. The predicted molar refractivity (Wildman–Crippen MR) is 114 cm³/mol. The van der Waals surface area contributed by atoms with E-state index in [2.05, 4.69) is 9.17 Å². The van der Waals surface area contributed by atoms with Crippen molar-refractivity contribution in [3.63, 3.8) is 0 Å². The molecular weight excluding hydrogens is 473 g/mol. The number of fused-ring (bicyclic) bond motifs is 1. The van der Waals surface area contributed by atoms with E-state index in [1.807, 2.05) is 0 Å². The van der Waals surface area contributed by atoms with Crippen LogP contribution in [0.15, 0.2) is 6.07 Å². The van der Waals surface area contributed by atoms with Gasteiger partial charge in [0.15, 0.2) is 17.0 Å². The van der Waals surface area contributed by atoms with Crippen molar-refractivity contribution in [3.8, 4) is 5.75 Å². The molecule has 13 heteroatoms. The van der Waals surface area contributed by atoms with Gasteiger partial charge in [0.05, 0.1) is 17.7 Å². The van der Waals surface area contributed by atoms with Crippen LogP contribution in [0.2, 0.25) is 0 Å². The number of thiazole rings is 1. The lowest BCUT2D eigenvalue weighted by molar-refractivity contribution is -0.167. The van der Waals surface area contributed by atoms with Crippen molar-refractivity contribution in [1.29, 1.82) is 0 Å². The predicted octanol–water partition coefficient (Wildman–Crippen LogP) is 4.32. The molecule has 1 aromatic heterocycles. The van der Waals surface area contributed by atoms with E-state index in [0.717, 1.165) is 11.3 Å². The third-order valence-electron chi connectivity index (χ3n) is 3.96. The van der Waals surface area contributed by atoms with Gasteiger partial charge in [-0.15, -0.1) is 0 Å². The molecule has 0 saturated heterocycles. The number of hydrogen-bond donors (Lipinski definition) is 0. The number of aromatic nitrogens is 1. The zero-order chi connectivity index (χ0) is 24.6. The largest absolute Gasteiger partial charge is 0.534 e. The fourth-order valence-corrected chi connectivity index (χ4v) is 4.22. The van der Waals surface area contributed by atoms with E-state index in [1.54, 1.807) is 46.7 Å². The van der Waals surface area contributed by atoms with E-state index in [9.17, 15) is 26.4 Å². The number of carbonyl (C=O) groups is 1. The van der Waals surface area contributed by atoms with Crippen LogP contribution in [0.4, 0.5) is 18.3 Å². The molecule has 0 aliphatic carbocycles. The van der Waals surface area contributed by atoms with Crippen LogP contribution in [0.1, 0.15) is 44.9 Å². The minimum Gasteiger partial charge on any atom is -0.464 e. The van der Waals surface area contributed by atoms with Crippen LogP contribution in [0.5, 0.6) is 5.75 Å². The van der Waals surface area contributed by atoms with Gasteiger partial charge in [-0.1, -0.05) is 11.3 Å². The summed E-state index contributed by atoms with van der Waals surface area (Å²) in [5.74, 6) is -1.55. The maximum absolute atomic E-state index is 13.2. The van der Waals surface area contributed by atoms with Crippen molar-refractivity contribution in [2.75, 3.05) is 25.6 Å². The monoisotopic (exact) mass is 498 g/mol. The van der Waals surface area contributed by atoms with Gasteiger partial charge in [-0.3, -0.25) is 0 Å². The summed E-state index contributed by atoms with van der Waals surface area (Å²) < 4.78 is 78.9. The molecule has 2 aromatic rings. The number of nitrogens with zero attached hydrogens (tertiary/aromatic N) is 2. The van der Waals surface area contributed by atoms with E-state index in [1.165, 1.54) is 13.0 Å². The topological polar surface area (TPSA) is 95.0 Å². The van der Waals surface area contributed by atoms with Gasteiger partial charge in [0, 0.05) is 19.7 Å². The second-order valence-corrected chi connectivity index (χ2v) is 10.5. The molecule has 2 rings (SSSR count). The Labute approximate surface area is 188 Å². The molecule has 0 unspecified atom stereocenters. The lowest BCUT2D eigenvalue weighted by Crippen LogP contribution is -2.31. The Morgan fingerprint density at radius 1 is 1.25 bits per heavy atom. The molecule has 1 heterocycles. The third kappa shape index (κ3) is 5.62. The Hall–Kier alpha value is -2.12. The van der Waals surface area contributed by atoms with Crippen LogP contribution in [0, 0.1) is 6.92 Å². The second-order valence-electron chi connectivity index (χ2n) is 8.02. The van der Waals surface area contributed by atoms with Gasteiger partial charge >= 0.3 is 21.6 Å². The maximum atomic E-state index is 13.2. The van der Waals surface area contributed by atoms with Crippen LogP contribution in [-0.4, -0.2) is 51.2 Å². The standard InChI is InChI=1S/C19H25F3N2O6S2/c1-8-28-16(25)14(29-18(3,4)5)12-10(2)9-11-15(31-17(23-11)24(6)7)13(12)30-32(26,27)19(20,21)22/h9,14H,8H2,1-7H3/t14-/m0/s1. The number of benzene rings is 1. The van der Waals surface area contributed by atoms with Crippen molar-refractivity contribution in [1.82, 2.24) is 4.98 Å². The molecule has 0 radical (unpaired) electrons. The molecule has 0 N–H and O–H groups in total. The molecule has 0 amide bonds. The van der Waals surface area contributed by atoms with Crippen molar-refractivity contribution >= 4 is 42.8 Å². The molecule has 0 spiro atoms. The fourth-order valence-electron chi connectivity index (χ4n) is 2.72. The molecule has 0 fully saturated rings. The summed E-state index contributed by atoms with van der Waals surface area (Å²) in [5, 5.41) is 0.398. The Morgan fingerprint density at radius 2 is 1.84 bits per heavy atom. The van der Waals surface area contributed by atoms with Gasteiger partial charge in [-0.2, -0.15) is 21.6 Å². The Morgan fingerprint density at radius 3 is 2.31 bits per heavy atom. The smallest absolute Gasteiger partial charge is 0.464 e. The first-order valence-corrected chi connectivity index (χ1v) is 11.7. The summed E-state index contributed by atoms with van der Waals surface area (Å²) in [6, 6.07) is 1.53. The number of carbonyl (C=O) groups excluding carboxylic acids is 1. The number of halogens is 3. The lowest BCUT2D eigenvalue weighted by Gasteiger charge is -2.28. The number of rotatable bonds is 7. The van der Waals surface area contributed by atoms with Crippen LogP contribution < -0.4 is 9.08 Å². The van der Waals surface area contributed by atoms with Crippen LogP contribution in [0.25, 0.3) is 10.2 Å². The number of anilines is 1. The zero-order valence-corrected chi connectivity index (χ0v) is 20.3. The molecule has 0 aliphatic heterocycles. The van der Waals surface area contributed by atoms with Crippen molar-refractivity contribution in [2.45, 2.75) is 51.8 Å². The molecule has 0 saturated carbocycles. The molecular formula is C19H25F3N2O6S2. The molecule has 32 heavy (non-hydrogen) atoms. The molecule has 180 valence electrons. The zero-order valence-electron chi connectivity index (χ0n) is 18.7. The van der Waals surface area contributed by atoms with Gasteiger partial charge in [-0.05, 0) is 46.2 Å². The highest BCUT2D eigenvalue weighted by Gasteiger charge is 2.50. The van der Waals surface area contributed by atoms with Crippen LogP contribution in [0.3, 0.4) is 0 Å². The van der Waals surface area contributed by atoms with Crippen molar-refractivity contribution in [3.05, 3.63) is 17.2 Å². The molecule has 8 nitrogen and oxygen atoms in total. The third-order valence-corrected chi connectivity index (χ3v) is 6.16. The Balaban J connectivity index is 2.90. The highest BCUT2D eigenvalue weighted by molar-refractivity contribution is 7.88. The molecule has 0 bridgehead atoms. The van der Waals surface area contributed by atoms with Crippen LogP contribution >= 0.6 is 11.3 Å². The maximum Gasteiger partial charge on any atom is 0.534 e. The molecule has 0 aliphatic rings. The second kappa shape index (κ2) is 9.02. The first kappa shape index (κ1) is 26.1. The van der Waals surface area contributed by atoms with E-state index < -0.39 is 39.1 Å². The summed E-state index contributed by atoms with van der Waals surface area (Å²) in [7, 11) is -2.71. The van der Waals surface area contributed by atoms with Crippen molar-refractivity contribution in [2.24, 2.45) is 0 Å². The van der Waals surface area contributed by atoms with E-state index in [4.69, 9.17) is 9.47 Å². The number of ether oxygens (including phenoxy) is 2. The van der Waals surface area contributed by atoms with Gasteiger partial charge in [-0.25, -0.2) is 9.78 Å². The Kier molecular flexibility index (Phi) is 7.37.